The van der Waals surface area contributed by atoms with Crippen LogP contribution >= 0.6 is 0 Å². The molecule has 274 valence electrons. The molecule has 0 rings (SSSR count). The zero-order valence-corrected chi connectivity index (χ0v) is 28.4. The predicted octanol–water partition coefficient (Wildman–Crippen LogP) is 2.24. The Kier molecular flexibility index (Phi) is 34.9. The molecule has 0 aromatic rings. The highest BCUT2D eigenvalue weighted by Gasteiger charge is 2.05. The number of unbranched alkanes of at least 4 members (excludes halogenated alkanes) is 9. The van der Waals surface area contributed by atoms with Gasteiger partial charge in [0.1, 0.15) is 25.5 Å². The van der Waals surface area contributed by atoms with E-state index in [1.165, 1.54) is 19.3 Å². The number of nitrogens with one attached hydrogen (secondary N) is 3. The van der Waals surface area contributed by atoms with Crippen LogP contribution in [-0.4, -0.2) is 118 Å². The van der Waals surface area contributed by atoms with Crippen LogP contribution in [0.2, 0.25) is 0 Å². The molecule has 3 amide bonds. The maximum absolute atomic E-state index is 11.9. The minimum Gasteiger partial charge on any atom is -0.481 e. The summed E-state index contributed by atoms with van der Waals surface area (Å²) in [7, 11) is 0. The molecule has 5 N–H and O–H groups in total. The number of carboxylic acids is 2. The van der Waals surface area contributed by atoms with Gasteiger partial charge in [-0.15, -0.1) is 0 Å². The molecule has 0 aliphatic rings. The van der Waals surface area contributed by atoms with Gasteiger partial charge in [0.05, 0.1) is 39.6 Å². The minimum absolute atomic E-state index is 0.0183. The summed E-state index contributed by atoms with van der Waals surface area (Å²) in [5.74, 6) is -2.39. The molecule has 0 saturated heterocycles. The van der Waals surface area contributed by atoms with E-state index in [0.717, 1.165) is 44.9 Å². The van der Waals surface area contributed by atoms with E-state index >= 15 is 0 Å². The summed E-state index contributed by atoms with van der Waals surface area (Å²) < 4.78 is 20.9. The number of hydrogen-bond donors (Lipinski definition) is 5. The molecular formula is C32H59N3O12. The summed E-state index contributed by atoms with van der Waals surface area (Å²) in [6.07, 6.45) is 12.0. The second-order valence-corrected chi connectivity index (χ2v) is 10.7. The Balaban J connectivity index is 0. The fourth-order valence-electron chi connectivity index (χ4n) is 3.64. The number of rotatable bonds is 32. The van der Waals surface area contributed by atoms with Gasteiger partial charge in [-0.25, -0.2) is 0 Å². The van der Waals surface area contributed by atoms with Gasteiger partial charge in [-0.3, -0.25) is 24.0 Å². The van der Waals surface area contributed by atoms with Gasteiger partial charge >= 0.3 is 11.9 Å². The molecule has 0 aromatic carbocycles. The molecule has 0 bridgehead atoms. The Morgan fingerprint density at radius 1 is 0.489 bits per heavy atom. The molecule has 15 nitrogen and oxygen atoms in total. The molecular weight excluding hydrogens is 618 g/mol. The zero-order valence-electron chi connectivity index (χ0n) is 28.4. The Bertz CT molecular complexity index is 842. The monoisotopic (exact) mass is 677 g/mol. The Labute approximate surface area is 279 Å². The first-order valence-corrected chi connectivity index (χ1v) is 16.6. The average molecular weight is 678 g/mol. The van der Waals surface area contributed by atoms with Crippen LogP contribution in [0.4, 0.5) is 0 Å². The molecule has 47 heavy (non-hydrogen) atoms. The van der Waals surface area contributed by atoms with Crippen molar-refractivity contribution in [1.29, 1.82) is 0 Å². The second-order valence-electron chi connectivity index (χ2n) is 10.7. The van der Waals surface area contributed by atoms with E-state index in [9.17, 15) is 28.8 Å². The number of amides is 3. The van der Waals surface area contributed by atoms with Crippen molar-refractivity contribution >= 4 is 35.4 Å². The highest BCUT2D eigenvalue weighted by molar-refractivity contribution is 5.81. The molecule has 0 atom stereocenters. The minimum atomic E-state index is -1.13. The number of Topliss-reactive ketones (excluding diaryl/α,β-unsaturated/α-hetero) is 1. The van der Waals surface area contributed by atoms with Crippen LogP contribution in [0.1, 0.15) is 97.3 Å². The number of ether oxygens (including phenoxy) is 4. The van der Waals surface area contributed by atoms with Crippen molar-refractivity contribution in [2.24, 2.45) is 0 Å². The van der Waals surface area contributed by atoms with Crippen LogP contribution in [0.3, 0.4) is 0 Å². The van der Waals surface area contributed by atoms with Crippen LogP contribution in [0.5, 0.6) is 0 Å². The predicted molar refractivity (Wildman–Crippen MR) is 174 cm³/mol. The summed E-state index contributed by atoms with van der Waals surface area (Å²) in [6.45, 7) is 4.88. The normalized spacial score (nSPS) is 10.4. The first kappa shape index (κ1) is 46.0. The van der Waals surface area contributed by atoms with Gasteiger partial charge in [-0.1, -0.05) is 58.3 Å². The van der Waals surface area contributed by atoms with Crippen molar-refractivity contribution in [2.45, 2.75) is 97.3 Å². The van der Waals surface area contributed by atoms with E-state index in [4.69, 9.17) is 29.2 Å². The average Bonchev–Trinajstić information content (AvgIpc) is 3.03. The lowest BCUT2D eigenvalue weighted by Gasteiger charge is -2.09. The second kappa shape index (κ2) is 35.7. The smallest absolute Gasteiger partial charge is 0.322 e. The molecule has 0 saturated carbocycles. The Morgan fingerprint density at radius 3 is 1.30 bits per heavy atom. The van der Waals surface area contributed by atoms with Crippen LogP contribution in [-0.2, 0) is 47.7 Å². The third-order valence-electron chi connectivity index (χ3n) is 6.33. The van der Waals surface area contributed by atoms with E-state index in [2.05, 4.69) is 16.0 Å². The highest BCUT2D eigenvalue weighted by Crippen LogP contribution is 2.12. The lowest BCUT2D eigenvalue weighted by atomic mass is 10.1. The van der Waals surface area contributed by atoms with Gasteiger partial charge in [-0.05, 0) is 19.8 Å². The number of aliphatic carboxylic acids is 2. The first-order valence-electron chi connectivity index (χ1n) is 16.6. The van der Waals surface area contributed by atoms with E-state index in [-0.39, 0.29) is 70.2 Å². The maximum atomic E-state index is 11.9. The summed E-state index contributed by atoms with van der Waals surface area (Å²) in [5.41, 5.74) is 0. The van der Waals surface area contributed by atoms with Gasteiger partial charge in [0.15, 0.2) is 0 Å². The molecule has 0 aliphatic carbocycles. The number of hydrogen-bond acceptors (Lipinski definition) is 10. The maximum Gasteiger partial charge on any atom is 0.322 e. The number of carboxylic acid groups (broad SMARTS) is 2. The zero-order chi connectivity index (χ0) is 35.4. The van der Waals surface area contributed by atoms with E-state index in [1.807, 2.05) is 6.92 Å². The van der Waals surface area contributed by atoms with E-state index in [0.29, 0.717) is 32.6 Å². The fourth-order valence-corrected chi connectivity index (χ4v) is 3.64. The third kappa shape index (κ3) is 42.9. The largest absolute Gasteiger partial charge is 0.481 e. The van der Waals surface area contributed by atoms with Crippen molar-refractivity contribution in [3.05, 3.63) is 0 Å². The number of ketones is 1. The quantitative estimate of drug-likeness (QED) is 0.0648. The van der Waals surface area contributed by atoms with E-state index < -0.39 is 24.4 Å². The SMILES string of the molecule is CCC(C)=O.O=C(O)CCCCCCCCCCCCC(=O)NCCOCCOCC(=O)NCCOCCOCC(=O)NCC(=O)O. The molecule has 0 aliphatic heterocycles. The summed E-state index contributed by atoms with van der Waals surface area (Å²) in [6, 6.07) is 0. The van der Waals surface area contributed by atoms with Crippen molar-refractivity contribution in [1.82, 2.24) is 16.0 Å². The molecule has 0 spiro atoms. The Morgan fingerprint density at radius 2 is 0.872 bits per heavy atom. The number of carbonyl (C=O) groups is 6. The summed E-state index contributed by atoms with van der Waals surface area (Å²) >= 11 is 0. The summed E-state index contributed by atoms with van der Waals surface area (Å²) in [5, 5.41) is 24.7. The Hall–Kier alpha value is -3.14. The van der Waals surface area contributed by atoms with Crippen LogP contribution in [0.25, 0.3) is 0 Å². The lowest BCUT2D eigenvalue weighted by Crippen LogP contribution is -2.33. The molecule has 15 heteroatoms. The van der Waals surface area contributed by atoms with Crippen molar-refractivity contribution < 1.29 is 57.9 Å². The van der Waals surface area contributed by atoms with Crippen molar-refractivity contribution in [3.8, 4) is 0 Å². The van der Waals surface area contributed by atoms with Gasteiger partial charge in [0.2, 0.25) is 17.7 Å². The molecule has 0 heterocycles. The van der Waals surface area contributed by atoms with Gasteiger partial charge in [-0.2, -0.15) is 0 Å². The first-order chi connectivity index (χ1) is 22.6. The van der Waals surface area contributed by atoms with Crippen molar-refractivity contribution in [3.63, 3.8) is 0 Å². The fraction of sp³-hybridized carbons (Fsp3) is 0.812. The van der Waals surface area contributed by atoms with Gasteiger partial charge < -0.3 is 49.9 Å². The topological polar surface area (TPSA) is 216 Å². The van der Waals surface area contributed by atoms with Crippen molar-refractivity contribution in [2.75, 3.05) is 72.5 Å². The third-order valence-corrected chi connectivity index (χ3v) is 6.33. The van der Waals surface area contributed by atoms with Crippen LogP contribution in [0, 0.1) is 0 Å². The van der Waals surface area contributed by atoms with E-state index in [1.54, 1.807) is 6.92 Å². The molecule has 0 unspecified atom stereocenters. The van der Waals surface area contributed by atoms with Gasteiger partial charge in [0, 0.05) is 32.4 Å². The van der Waals surface area contributed by atoms with Crippen LogP contribution in [0.15, 0.2) is 0 Å². The molecule has 0 aromatic heterocycles. The van der Waals surface area contributed by atoms with Gasteiger partial charge in [0.25, 0.3) is 0 Å². The molecule has 0 radical (unpaired) electrons. The summed E-state index contributed by atoms with van der Waals surface area (Å²) in [4.78, 5) is 65.4. The number of carbonyl (C=O) groups excluding carboxylic acids is 4. The highest BCUT2D eigenvalue weighted by atomic mass is 16.5. The lowest BCUT2D eigenvalue weighted by molar-refractivity contribution is -0.138. The molecule has 0 fully saturated rings. The van der Waals surface area contributed by atoms with Crippen LogP contribution < -0.4 is 16.0 Å². The standard InChI is InChI=1S/C28H51N3O11.C4H8O/c32-24(11-9-7-5-3-1-2-4-6-8-10-12-27(35)36)29-13-15-39-17-19-41-22-25(33)30-14-16-40-18-20-42-23-26(34)31-21-28(37)38;1-3-4(2)5/h1-23H2,(H,29,32)(H,30,33)(H,31,34)(H,35,36)(H,37,38);3H2,1-2H3.